The topological polar surface area (TPSA) is 38.1 Å². The summed E-state index contributed by atoms with van der Waals surface area (Å²) in [5, 5.41) is 0. The van der Waals surface area contributed by atoms with Crippen LogP contribution in [0.15, 0.2) is 35.1 Å². The monoisotopic (exact) mass is 347 g/mol. The Labute approximate surface area is 132 Å². The molecule has 0 bridgehead atoms. The molecule has 5 heteroatoms. The number of hydrogen-bond acceptors (Lipinski definition) is 2. The number of hydrogen-bond donors (Lipinski definition) is 0. The van der Waals surface area contributed by atoms with Gasteiger partial charge in [-0.25, -0.2) is 4.98 Å². The highest BCUT2D eigenvalue weighted by atomic mass is 79.9. The molecule has 21 heavy (non-hydrogen) atoms. The summed E-state index contributed by atoms with van der Waals surface area (Å²) in [6.45, 7) is 2.57. The van der Waals surface area contributed by atoms with Crippen LogP contribution in [0.4, 0.5) is 0 Å². The second-order valence-electron chi connectivity index (χ2n) is 5.58. The van der Waals surface area contributed by atoms with Gasteiger partial charge in [0.1, 0.15) is 5.82 Å². The Kier molecular flexibility index (Phi) is 3.85. The molecule has 2 aromatic rings. The van der Waals surface area contributed by atoms with Gasteiger partial charge in [-0.05, 0) is 43.5 Å². The molecule has 0 aliphatic heterocycles. The number of carbonyl (C=O) groups is 1. The third-order valence-electron chi connectivity index (χ3n) is 3.89. The van der Waals surface area contributed by atoms with Gasteiger partial charge in [0.05, 0.1) is 6.54 Å². The number of nitrogens with zero attached hydrogens (tertiary/aromatic N) is 3. The van der Waals surface area contributed by atoms with Crippen molar-refractivity contribution in [3.05, 3.63) is 52.0 Å². The van der Waals surface area contributed by atoms with Crippen molar-refractivity contribution in [1.82, 2.24) is 14.5 Å². The summed E-state index contributed by atoms with van der Waals surface area (Å²) in [5.41, 5.74) is 1.82. The molecule has 4 nitrogen and oxygen atoms in total. The van der Waals surface area contributed by atoms with Gasteiger partial charge >= 0.3 is 0 Å². The van der Waals surface area contributed by atoms with Crippen molar-refractivity contribution in [3.63, 3.8) is 0 Å². The molecular weight excluding hydrogens is 330 g/mol. The van der Waals surface area contributed by atoms with Gasteiger partial charge in [-0.1, -0.05) is 15.9 Å². The lowest BCUT2D eigenvalue weighted by atomic mass is 10.1. The quantitative estimate of drug-likeness (QED) is 0.850. The van der Waals surface area contributed by atoms with Crippen LogP contribution < -0.4 is 0 Å². The molecule has 0 N–H and O–H groups in total. The molecule has 1 aromatic carbocycles. The van der Waals surface area contributed by atoms with Crippen molar-refractivity contribution in [2.45, 2.75) is 32.4 Å². The standard InChI is InChI=1S/C16H18BrN3O/c1-11-9-12(3-6-14(11)17)16(21)20(13-4-5-13)10-15-18-7-8-19(15)2/h3,6-9,13H,4-5,10H2,1-2H3. The van der Waals surface area contributed by atoms with Crippen molar-refractivity contribution in [2.24, 2.45) is 7.05 Å². The highest BCUT2D eigenvalue weighted by molar-refractivity contribution is 9.10. The van der Waals surface area contributed by atoms with Crippen LogP contribution in [-0.4, -0.2) is 26.4 Å². The summed E-state index contributed by atoms with van der Waals surface area (Å²) in [6.07, 6.45) is 5.86. The van der Waals surface area contributed by atoms with Gasteiger partial charge in [0.2, 0.25) is 0 Å². The first-order valence-corrected chi connectivity index (χ1v) is 7.89. The Morgan fingerprint density at radius 1 is 1.48 bits per heavy atom. The molecule has 1 aliphatic rings. The lowest BCUT2D eigenvalue weighted by molar-refractivity contribution is 0.0724. The molecule has 1 amide bonds. The van der Waals surface area contributed by atoms with E-state index in [1.165, 1.54) is 0 Å². The number of aromatic nitrogens is 2. The first kappa shape index (κ1) is 14.3. The van der Waals surface area contributed by atoms with E-state index in [9.17, 15) is 4.79 Å². The van der Waals surface area contributed by atoms with Crippen LogP contribution in [0.1, 0.15) is 34.6 Å². The maximum atomic E-state index is 12.8. The lowest BCUT2D eigenvalue weighted by Crippen LogP contribution is -2.33. The van der Waals surface area contributed by atoms with E-state index in [-0.39, 0.29) is 5.91 Å². The predicted molar refractivity (Wildman–Crippen MR) is 85.0 cm³/mol. The highest BCUT2D eigenvalue weighted by Gasteiger charge is 2.33. The number of benzene rings is 1. The Bertz CT molecular complexity index is 676. The minimum Gasteiger partial charge on any atom is -0.337 e. The zero-order valence-electron chi connectivity index (χ0n) is 12.2. The van der Waals surface area contributed by atoms with Crippen molar-refractivity contribution >= 4 is 21.8 Å². The number of halogens is 1. The molecular formula is C16H18BrN3O. The van der Waals surface area contributed by atoms with E-state index >= 15 is 0 Å². The van der Waals surface area contributed by atoms with E-state index < -0.39 is 0 Å². The number of amides is 1. The average Bonchev–Trinajstić information content (AvgIpc) is 3.22. The first-order valence-electron chi connectivity index (χ1n) is 7.09. The van der Waals surface area contributed by atoms with E-state index in [1.54, 1.807) is 6.20 Å². The van der Waals surface area contributed by atoms with Crippen molar-refractivity contribution in [2.75, 3.05) is 0 Å². The molecule has 110 valence electrons. The minimum absolute atomic E-state index is 0.0936. The molecule has 0 saturated heterocycles. The Morgan fingerprint density at radius 3 is 2.81 bits per heavy atom. The smallest absolute Gasteiger partial charge is 0.254 e. The van der Waals surface area contributed by atoms with E-state index in [0.29, 0.717) is 12.6 Å². The molecule has 1 fully saturated rings. The zero-order valence-corrected chi connectivity index (χ0v) is 13.8. The normalized spacial score (nSPS) is 14.2. The van der Waals surface area contributed by atoms with Crippen LogP contribution in [0.5, 0.6) is 0 Å². The summed E-state index contributed by atoms with van der Waals surface area (Å²) < 4.78 is 3.00. The Morgan fingerprint density at radius 2 is 2.24 bits per heavy atom. The zero-order chi connectivity index (χ0) is 15.0. The number of imidazole rings is 1. The fourth-order valence-corrected chi connectivity index (χ4v) is 2.64. The summed E-state index contributed by atoms with van der Waals surface area (Å²) in [5.74, 6) is 1.01. The lowest BCUT2D eigenvalue weighted by Gasteiger charge is -2.22. The van der Waals surface area contributed by atoms with Crippen LogP contribution in [0.3, 0.4) is 0 Å². The molecule has 1 aromatic heterocycles. The third kappa shape index (κ3) is 3.02. The SMILES string of the molecule is Cc1cc(C(=O)N(Cc2nccn2C)C2CC2)ccc1Br. The number of aryl methyl sites for hydroxylation is 2. The largest absolute Gasteiger partial charge is 0.337 e. The summed E-state index contributed by atoms with van der Waals surface area (Å²) in [4.78, 5) is 19.1. The Balaban J connectivity index is 1.85. The van der Waals surface area contributed by atoms with Gasteiger partial charge in [0, 0.05) is 35.5 Å². The van der Waals surface area contributed by atoms with Crippen LogP contribution in [0.25, 0.3) is 0 Å². The number of carbonyl (C=O) groups excluding carboxylic acids is 1. The maximum absolute atomic E-state index is 12.8. The summed E-state index contributed by atoms with van der Waals surface area (Å²) in [6, 6.07) is 6.13. The molecule has 3 rings (SSSR count). The maximum Gasteiger partial charge on any atom is 0.254 e. The van der Waals surface area contributed by atoms with E-state index in [2.05, 4.69) is 20.9 Å². The van der Waals surface area contributed by atoms with Gasteiger partial charge in [0.15, 0.2) is 0 Å². The molecule has 0 unspecified atom stereocenters. The molecule has 0 spiro atoms. The van der Waals surface area contributed by atoms with Gasteiger partial charge in [-0.3, -0.25) is 4.79 Å². The minimum atomic E-state index is 0.0936. The van der Waals surface area contributed by atoms with Crippen LogP contribution >= 0.6 is 15.9 Å². The van der Waals surface area contributed by atoms with Crippen molar-refractivity contribution in [3.8, 4) is 0 Å². The molecule has 1 heterocycles. The first-order chi connectivity index (χ1) is 10.1. The van der Waals surface area contributed by atoms with Crippen LogP contribution in [0.2, 0.25) is 0 Å². The van der Waals surface area contributed by atoms with Gasteiger partial charge in [-0.2, -0.15) is 0 Å². The average molecular weight is 348 g/mol. The molecule has 1 saturated carbocycles. The van der Waals surface area contributed by atoms with Gasteiger partial charge in [0.25, 0.3) is 5.91 Å². The van der Waals surface area contributed by atoms with Crippen molar-refractivity contribution in [1.29, 1.82) is 0 Å². The van der Waals surface area contributed by atoms with Crippen molar-refractivity contribution < 1.29 is 4.79 Å². The fraction of sp³-hybridized carbons (Fsp3) is 0.375. The van der Waals surface area contributed by atoms with Crippen LogP contribution in [0, 0.1) is 6.92 Å². The molecule has 0 atom stereocenters. The predicted octanol–water partition coefficient (Wildman–Crippen LogP) is 3.30. The van der Waals surface area contributed by atoms with Gasteiger partial charge < -0.3 is 9.47 Å². The molecule has 0 radical (unpaired) electrons. The van der Waals surface area contributed by atoms with Crippen LogP contribution in [-0.2, 0) is 13.6 Å². The second kappa shape index (κ2) is 5.64. The second-order valence-corrected chi connectivity index (χ2v) is 6.44. The fourth-order valence-electron chi connectivity index (χ4n) is 2.40. The summed E-state index contributed by atoms with van der Waals surface area (Å²) >= 11 is 3.48. The van der Waals surface area contributed by atoms with E-state index in [4.69, 9.17) is 0 Å². The Hall–Kier alpha value is -1.62. The van der Waals surface area contributed by atoms with E-state index in [1.807, 2.05) is 47.8 Å². The molecule has 1 aliphatic carbocycles. The number of rotatable bonds is 4. The highest BCUT2D eigenvalue weighted by Crippen LogP contribution is 2.30. The third-order valence-corrected chi connectivity index (χ3v) is 4.78. The summed E-state index contributed by atoms with van der Waals surface area (Å²) in [7, 11) is 1.96. The van der Waals surface area contributed by atoms with E-state index in [0.717, 1.165) is 34.3 Å². The van der Waals surface area contributed by atoms with Gasteiger partial charge in [-0.15, -0.1) is 0 Å².